The Morgan fingerprint density at radius 3 is 2.50 bits per heavy atom. The average molecular weight is 163 g/mol. The summed E-state index contributed by atoms with van der Waals surface area (Å²) in [7, 11) is 0. The van der Waals surface area contributed by atoms with Crippen molar-refractivity contribution in [3.05, 3.63) is 17.2 Å². The molecule has 3 nitrogen and oxygen atoms in total. The highest BCUT2D eigenvalue weighted by molar-refractivity contribution is 5.55. The molecule has 0 aromatic carbocycles. The second-order valence-corrected chi connectivity index (χ2v) is 3.42. The van der Waals surface area contributed by atoms with E-state index in [-0.39, 0.29) is 0 Å². The number of nitrogens with zero attached hydrogens (tertiary/aromatic N) is 3. The SMILES string of the molecule is CC1=C(C)n2nc(C)nc2C1C. The van der Waals surface area contributed by atoms with Crippen molar-refractivity contribution in [2.45, 2.75) is 33.6 Å². The van der Waals surface area contributed by atoms with Gasteiger partial charge in [0, 0.05) is 11.6 Å². The predicted molar refractivity (Wildman–Crippen MR) is 47.7 cm³/mol. The van der Waals surface area contributed by atoms with Crippen LogP contribution in [0.1, 0.15) is 38.3 Å². The molecule has 0 spiro atoms. The monoisotopic (exact) mass is 163 g/mol. The summed E-state index contributed by atoms with van der Waals surface area (Å²) in [5, 5.41) is 4.32. The molecule has 1 atom stereocenters. The predicted octanol–water partition coefficient (Wildman–Crippen LogP) is 1.95. The summed E-state index contributed by atoms with van der Waals surface area (Å²) in [6.45, 7) is 8.34. The Morgan fingerprint density at radius 1 is 1.25 bits per heavy atom. The molecule has 0 bridgehead atoms. The number of rotatable bonds is 0. The minimum atomic E-state index is 0.436. The Balaban J connectivity index is 2.63. The van der Waals surface area contributed by atoms with Crippen molar-refractivity contribution >= 4 is 5.70 Å². The highest BCUT2D eigenvalue weighted by Gasteiger charge is 2.25. The van der Waals surface area contributed by atoms with Crippen molar-refractivity contribution in [1.29, 1.82) is 0 Å². The lowest BCUT2D eigenvalue weighted by molar-refractivity contribution is 0.801. The fourth-order valence-electron chi connectivity index (χ4n) is 1.63. The maximum Gasteiger partial charge on any atom is 0.148 e. The highest BCUT2D eigenvalue weighted by Crippen LogP contribution is 2.33. The van der Waals surface area contributed by atoms with E-state index in [2.05, 4.69) is 30.9 Å². The van der Waals surface area contributed by atoms with E-state index in [4.69, 9.17) is 0 Å². The molecule has 12 heavy (non-hydrogen) atoms. The van der Waals surface area contributed by atoms with Gasteiger partial charge >= 0.3 is 0 Å². The largest absolute Gasteiger partial charge is 0.221 e. The molecule has 0 amide bonds. The molecule has 1 unspecified atom stereocenters. The molecule has 0 saturated heterocycles. The molecule has 0 radical (unpaired) electrons. The van der Waals surface area contributed by atoms with Crippen LogP contribution < -0.4 is 0 Å². The van der Waals surface area contributed by atoms with Crippen LogP contribution in [-0.4, -0.2) is 14.8 Å². The van der Waals surface area contributed by atoms with Crippen molar-refractivity contribution in [1.82, 2.24) is 14.8 Å². The van der Waals surface area contributed by atoms with Gasteiger partial charge in [-0.3, -0.25) is 0 Å². The van der Waals surface area contributed by atoms with Gasteiger partial charge in [0.25, 0.3) is 0 Å². The van der Waals surface area contributed by atoms with Gasteiger partial charge in [-0.2, -0.15) is 5.10 Å². The van der Waals surface area contributed by atoms with E-state index in [1.165, 1.54) is 11.3 Å². The molecule has 0 saturated carbocycles. The smallest absolute Gasteiger partial charge is 0.148 e. The van der Waals surface area contributed by atoms with Crippen LogP contribution in [0, 0.1) is 6.92 Å². The van der Waals surface area contributed by atoms with Crippen LogP contribution in [-0.2, 0) is 0 Å². The Hall–Kier alpha value is -1.12. The summed E-state index contributed by atoms with van der Waals surface area (Å²) < 4.78 is 1.95. The Bertz CT molecular complexity index is 360. The molecule has 1 aliphatic heterocycles. The molecule has 3 heteroatoms. The van der Waals surface area contributed by atoms with Crippen LogP contribution in [0.4, 0.5) is 0 Å². The van der Waals surface area contributed by atoms with Crippen LogP contribution in [0.3, 0.4) is 0 Å². The van der Waals surface area contributed by atoms with E-state index < -0.39 is 0 Å². The van der Waals surface area contributed by atoms with Gasteiger partial charge in [0.15, 0.2) is 0 Å². The van der Waals surface area contributed by atoms with E-state index in [1.807, 2.05) is 11.6 Å². The zero-order chi connectivity index (χ0) is 8.88. The van der Waals surface area contributed by atoms with Gasteiger partial charge in [0.1, 0.15) is 11.6 Å². The molecule has 1 aliphatic rings. The molecular formula is C9H13N3. The van der Waals surface area contributed by atoms with E-state index in [9.17, 15) is 0 Å². The van der Waals surface area contributed by atoms with E-state index in [0.717, 1.165) is 11.6 Å². The fourth-order valence-corrected chi connectivity index (χ4v) is 1.63. The minimum Gasteiger partial charge on any atom is -0.221 e. The van der Waals surface area contributed by atoms with E-state index in [0.29, 0.717) is 5.92 Å². The zero-order valence-electron chi connectivity index (χ0n) is 7.92. The van der Waals surface area contributed by atoms with Crippen molar-refractivity contribution in [3.8, 4) is 0 Å². The molecule has 64 valence electrons. The van der Waals surface area contributed by atoms with Crippen molar-refractivity contribution in [3.63, 3.8) is 0 Å². The number of hydrogen-bond acceptors (Lipinski definition) is 2. The first-order valence-corrected chi connectivity index (χ1v) is 4.22. The third kappa shape index (κ3) is 0.763. The maximum atomic E-state index is 4.38. The Labute approximate surface area is 72.1 Å². The molecule has 2 rings (SSSR count). The van der Waals surface area contributed by atoms with Gasteiger partial charge in [0.05, 0.1) is 0 Å². The Morgan fingerprint density at radius 2 is 1.92 bits per heavy atom. The summed E-state index contributed by atoms with van der Waals surface area (Å²) in [5.41, 5.74) is 2.61. The first-order chi connectivity index (χ1) is 5.61. The molecule has 0 N–H and O–H groups in total. The number of fused-ring (bicyclic) bond motifs is 1. The molecular weight excluding hydrogens is 150 g/mol. The molecule has 2 heterocycles. The minimum absolute atomic E-state index is 0.436. The summed E-state index contributed by atoms with van der Waals surface area (Å²) in [6, 6.07) is 0. The van der Waals surface area contributed by atoms with Crippen LogP contribution >= 0.6 is 0 Å². The molecule has 0 fully saturated rings. The normalized spacial score (nSPS) is 21.8. The van der Waals surface area contributed by atoms with Gasteiger partial charge in [-0.15, -0.1) is 0 Å². The molecule has 1 aromatic rings. The second kappa shape index (κ2) is 2.19. The quantitative estimate of drug-likeness (QED) is 0.585. The topological polar surface area (TPSA) is 30.7 Å². The lowest BCUT2D eigenvalue weighted by Crippen LogP contribution is -1.95. The Kier molecular flexibility index (Phi) is 1.37. The number of aromatic nitrogens is 3. The summed E-state index contributed by atoms with van der Waals surface area (Å²) >= 11 is 0. The van der Waals surface area contributed by atoms with E-state index >= 15 is 0 Å². The standard InChI is InChI=1S/C9H13N3/c1-5-6(2)9-10-8(4)11-12(9)7(5)3/h6H,1-4H3. The maximum absolute atomic E-state index is 4.38. The van der Waals surface area contributed by atoms with Gasteiger partial charge in [-0.1, -0.05) is 6.92 Å². The lowest BCUT2D eigenvalue weighted by Gasteiger charge is -1.99. The zero-order valence-corrected chi connectivity index (χ0v) is 7.92. The summed E-state index contributed by atoms with van der Waals surface area (Å²) in [4.78, 5) is 4.38. The first-order valence-electron chi connectivity index (χ1n) is 4.22. The number of aryl methyl sites for hydroxylation is 1. The van der Waals surface area contributed by atoms with Gasteiger partial charge in [0.2, 0.25) is 0 Å². The number of allylic oxidation sites excluding steroid dienone is 2. The number of hydrogen-bond donors (Lipinski definition) is 0. The van der Waals surface area contributed by atoms with Crippen LogP contribution in [0.25, 0.3) is 5.70 Å². The highest BCUT2D eigenvalue weighted by atomic mass is 15.4. The van der Waals surface area contributed by atoms with Crippen LogP contribution in [0.5, 0.6) is 0 Å². The summed E-state index contributed by atoms with van der Waals surface area (Å²) in [6.07, 6.45) is 0. The lowest BCUT2D eigenvalue weighted by atomic mass is 10.0. The summed E-state index contributed by atoms with van der Waals surface area (Å²) in [5.74, 6) is 2.39. The molecule has 1 aromatic heterocycles. The molecule has 0 aliphatic carbocycles. The van der Waals surface area contributed by atoms with Crippen molar-refractivity contribution in [2.24, 2.45) is 0 Å². The van der Waals surface area contributed by atoms with Gasteiger partial charge < -0.3 is 0 Å². The third-order valence-electron chi connectivity index (χ3n) is 2.66. The average Bonchev–Trinajstić information content (AvgIpc) is 2.49. The van der Waals surface area contributed by atoms with Crippen LogP contribution in [0.15, 0.2) is 5.57 Å². The van der Waals surface area contributed by atoms with Crippen LogP contribution in [0.2, 0.25) is 0 Å². The second-order valence-electron chi connectivity index (χ2n) is 3.42. The van der Waals surface area contributed by atoms with E-state index in [1.54, 1.807) is 0 Å². The fraction of sp³-hybridized carbons (Fsp3) is 0.556. The first kappa shape index (κ1) is 7.53. The van der Waals surface area contributed by atoms with Crippen molar-refractivity contribution in [2.75, 3.05) is 0 Å². The third-order valence-corrected chi connectivity index (χ3v) is 2.66. The van der Waals surface area contributed by atoms with Crippen molar-refractivity contribution < 1.29 is 0 Å². The van der Waals surface area contributed by atoms with Gasteiger partial charge in [-0.25, -0.2) is 9.67 Å². The van der Waals surface area contributed by atoms with Gasteiger partial charge in [-0.05, 0) is 26.3 Å².